The van der Waals surface area contributed by atoms with Crippen LogP contribution in [0.1, 0.15) is 15.5 Å². The predicted molar refractivity (Wildman–Crippen MR) is 77.0 cm³/mol. The number of nitrogens with zero attached hydrogens (tertiary/aromatic N) is 2. The molecule has 0 aliphatic rings. The van der Waals surface area contributed by atoms with Crippen molar-refractivity contribution in [3.63, 3.8) is 0 Å². The number of carbonyl (C=O) groups excluding carboxylic acids is 1. The molecule has 0 bridgehead atoms. The Labute approximate surface area is 123 Å². The Morgan fingerprint density at radius 2 is 2.24 bits per heavy atom. The quantitative estimate of drug-likeness (QED) is 0.624. The summed E-state index contributed by atoms with van der Waals surface area (Å²) in [6.45, 7) is 0.329. The summed E-state index contributed by atoms with van der Waals surface area (Å²) < 4.78 is 4.92. The van der Waals surface area contributed by atoms with Gasteiger partial charge in [-0.3, -0.25) is 25.8 Å². The van der Waals surface area contributed by atoms with Crippen LogP contribution in [0, 0.1) is 10.1 Å². The zero-order chi connectivity index (χ0) is 15.2. The van der Waals surface area contributed by atoms with Crippen LogP contribution in [0.2, 0.25) is 0 Å². The van der Waals surface area contributed by atoms with Crippen molar-refractivity contribution in [1.82, 2.24) is 10.4 Å². The Balaban J connectivity index is 2.02. The van der Waals surface area contributed by atoms with Crippen molar-refractivity contribution < 1.29 is 14.5 Å². The van der Waals surface area contributed by atoms with Crippen LogP contribution in [0.5, 0.6) is 0 Å². The Kier molecular flexibility index (Phi) is 4.80. The smallest absolute Gasteiger partial charge is 0.294 e. The molecule has 2 aromatic rings. The van der Waals surface area contributed by atoms with Gasteiger partial charge in [0.1, 0.15) is 16.4 Å². The third-order valence-corrected chi connectivity index (χ3v) is 3.29. The summed E-state index contributed by atoms with van der Waals surface area (Å²) in [6, 6.07) is 6.01. The number of para-hydroxylation sites is 2. The summed E-state index contributed by atoms with van der Waals surface area (Å²) in [4.78, 5) is 26.3. The molecule has 0 saturated heterocycles. The first-order valence-corrected chi connectivity index (χ1v) is 6.73. The number of ether oxygens (including phenoxy) is 1. The van der Waals surface area contributed by atoms with E-state index in [9.17, 15) is 14.9 Å². The highest BCUT2D eigenvalue weighted by Gasteiger charge is 2.14. The molecule has 0 aliphatic carbocycles. The molecule has 0 saturated carbocycles. The molecule has 8 nitrogen and oxygen atoms in total. The van der Waals surface area contributed by atoms with Gasteiger partial charge in [0.05, 0.1) is 11.5 Å². The van der Waals surface area contributed by atoms with Gasteiger partial charge in [-0.1, -0.05) is 12.1 Å². The first-order valence-electron chi connectivity index (χ1n) is 5.85. The molecule has 2 N–H and O–H groups in total. The van der Waals surface area contributed by atoms with Crippen molar-refractivity contribution in [3.8, 4) is 0 Å². The number of anilines is 1. The number of hydrogen-bond donors (Lipinski definition) is 2. The molecule has 0 aliphatic heterocycles. The van der Waals surface area contributed by atoms with Crippen molar-refractivity contribution in [1.29, 1.82) is 0 Å². The molecule has 0 unspecified atom stereocenters. The van der Waals surface area contributed by atoms with Crippen LogP contribution in [0.4, 0.5) is 11.4 Å². The molecule has 0 spiro atoms. The lowest BCUT2D eigenvalue weighted by Crippen LogP contribution is -2.29. The predicted octanol–water partition coefficient (Wildman–Crippen LogP) is 1.95. The lowest BCUT2D eigenvalue weighted by atomic mass is 10.3. The molecular formula is C12H12N4O4S. The Morgan fingerprint density at radius 3 is 2.95 bits per heavy atom. The van der Waals surface area contributed by atoms with Crippen molar-refractivity contribution in [3.05, 3.63) is 50.5 Å². The van der Waals surface area contributed by atoms with E-state index in [2.05, 4.69) is 15.8 Å². The van der Waals surface area contributed by atoms with E-state index in [1.807, 2.05) is 0 Å². The normalized spacial score (nSPS) is 10.1. The Hall–Kier alpha value is -2.52. The summed E-state index contributed by atoms with van der Waals surface area (Å²) in [5, 5.41) is 13.1. The Morgan fingerprint density at radius 1 is 1.48 bits per heavy atom. The minimum absolute atomic E-state index is 0.129. The van der Waals surface area contributed by atoms with Crippen molar-refractivity contribution in [2.24, 2.45) is 0 Å². The molecule has 1 heterocycles. The Bertz CT molecular complexity index is 658. The number of nitrogens with one attached hydrogen (secondary N) is 2. The van der Waals surface area contributed by atoms with Crippen LogP contribution in [0.3, 0.4) is 0 Å². The number of methoxy groups -OCH3 is 1. The molecule has 110 valence electrons. The van der Waals surface area contributed by atoms with Crippen LogP contribution in [0.25, 0.3) is 0 Å². The van der Waals surface area contributed by atoms with Gasteiger partial charge in [0.2, 0.25) is 0 Å². The first kappa shape index (κ1) is 14.9. The first-order chi connectivity index (χ1) is 10.1. The van der Waals surface area contributed by atoms with E-state index in [-0.39, 0.29) is 17.1 Å². The SMILES string of the molecule is COCc1nc(C(=O)NNc2ccccc2[N+](=O)[O-])cs1. The maximum atomic E-state index is 11.9. The molecule has 0 atom stereocenters. The number of hydrogen-bond acceptors (Lipinski definition) is 7. The lowest BCUT2D eigenvalue weighted by Gasteiger charge is -2.07. The van der Waals surface area contributed by atoms with Gasteiger partial charge in [-0.25, -0.2) is 4.98 Å². The van der Waals surface area contributed by atoms with Gasteiger partial charge < -0.3 is 4.74 Å². The van der Waals surface area contributed by atoms with Crippen molar-refractivity contribution >= 4 is 28.6 Å². The largest absolute Gasteiger partial charge is 0.378 e. The van der Waals surface area contributed by atoms with E-state index >= 15 is 0 Å². The van der Waals surface area contributed by atoms with Crippen LogP contribution in [0.15, 0.2) is 29.6 Å². The van der Waals surface area contributed by atoms with Crippen LogP contribution < -0.4 is 10.9 Å². The lowest BCUT2D eigenvalue weighted by molar-refractivity contribution is -0.384. The summed E-state index contributed by atoms with van der Waals surface area (Å²) >= 11 is 1.30. The summed E-state index contributed by atoms with van der Waals surface area (Å²) in [7, 11) is 1.54. The van der Waals surface area contributed by atoms with Crippen molar-refractivity contribution in [2.75, 3.05) is 12.5 Å². The summed E-state index contributed by atoms with van der Waals surface area (Å²) in [5.74, 6) is -0.480. The molecule has 1 amide bonds. The maximum Gasteiger partial charge on any atom is 0.294 e. The number of aromatic nitrogens is 1. The summed E-state index contributed by atoms with van der Waals surface area (Å²) in [5.41, 5.74) is 5.19. The van der Waals surface area contributed by atoms with E-state index in [0.29, 0.717) is 11.6 Å². The zero-order valence-electron chi connectivity index (χ0n) is 11.0. The van der Waals surface area contributed by atoms with E-state index < -0.39 is 10.8 Å². The number of amides is 1. The van der Waals surface area contributed by atoms with Gasteiger partial charge in [0, 0.05) is 18.6 Å². The van der Waals surface area contributed by atoms with E-state index in [1.54, 1.807) is 17.5 Å². The third kappa shape index (κ3) is 3.74. The number of benzene rings is 1. The molecule has 0 radical (unpaired) electrons. The average molecular weight is 308 g/mol. The van der Waals surface area contributed by atoms with E-state index in [4.69, 9.17) is 4.74 Å². The molecule has 2 rings (SSSR count). The zero-order valence-corrected chi connectivity index (χ0v) is 11.8. The second-order valence-electron chi connectivity index (χ2n) is 3.91. The standard InChI is InChI=1S/C12H12N4O4S/c1-20-6-11-13-9(7-21-11)12(17)15-14-8-4-2-3-5-10(8)16(18)19/h2-5,7,14H,6H2,1H3,(H,15,17). The second kappa shape index (κ2) is 6.77. The van der Waals surface area contributed by atoms with Crippen molar-refractivity contribution in [2.45, 2.75) is 6.61 Å². The number of carbonyl (C=O) groups is 1. The minimum atomic E-state index is -0.534. The van der Waals surface area contributed by atoms with Gasteiger partial charge in [0.15, 0.2) is 0 Å². The number of hydrazine groups is 1. The van der Waals surface area contributed by atoms with E-state index in [0.717, 1.165) is 0 Å². The minimum Gasteiger partial charge on any atom is -0.378 e. The highest BCUT2D eigenvalue weighted by atomic mass is 32.1. The van der Waals surface area contributed by atoms with Gasteiger partial charge in [0.25, 0.3) is 11.6 Å². The summed E-state index contributed by atoms with van der Waals surface area (Å²) in [6.07, 6.45) is 0. The highest BCUT2D eigenvalue weighted by Crippen LogP contribution is 2.22. The van der Waals surface area contributed by atoms with Gasteiger partial charge in [-0.05, 0) is 6.07 Å². The molecular weight excluding hydrogens is 296 g/mol. The molecule has 9 heteroatoms. The number of rotatable bonds is 6. The van der Waals surface area contributed by atoms with Crippen LogP contribution in [-0.4, -0.2) is 22.9 Å². The molecule has 0 fully saturated rings. The maximum absolute atomic E-state index is 11.9. The topological polar surface area (TPSA) is 106 Å². The third-order valence-electron chi connectivity index (χ3n) is 2.46. The average Bonchev–Trinajstić information content (AvgIpc) is 2.94. The van der Waals surface area contributed by atoms with Gasteiger partial charge in [-0.15, -0.1) is 11.3 Å². The molecule has 21 heavy (non-hydrogen) atoms. The fourth-order valence-corrected chi connectivity index (χ4v) is 2.28. The van der Waals surface area contributed by atoms with Crippen LogP contribution in [-0.2, 0) is 11.3 Å². The van der Waals surface area contributed by atoms with Gasteiger partial charge >= 0.3 is 0 Å². The fourth-order valence-electron chi connectivity index (χ4n) is 1.53. The second-order valence-corrected chi connectivity index (χ2v) is 4.86. The monoisotopic (exact) mass is 308 g/mol. The fraction of sp³-hybridized carbons (Fsp3) is 0.167. The van der Waals surface area contributed by atoms with Crippen LogP contribution >= 0.6 is 11.3 Å². The highest BCUT2D eigenvalue weighted by molar-refractivity contribution is 7.09. The molecule has 1 aromatic carbocycles. The molecule has 1 aromatic heterocycles. The number of nitro benzene ring substituents is 1. The van der Waals surface area contributed by atoms with Gasteiger partial charge in [-0.2, -0.15) is 0 Å². The van der Waals surface area contributed by atoms with E-state index in [1.165, 1.54) is 30.6 Å². The number of thiazole rings is 1. The number of nitro groups is 1.